The molecule has 0 radical (unpaired) electrons. The van der Waals surface area contributed by atoms with E-state index in [0.717, 1.165) is 31.0 Å². The minimum Gasteiger partial charge on any atom is -0.356 e. The van der Waals surface area contributed by atoms with E-state index < -0.39 is 0 Å². The summed E-state index contributed by atoms with van der Waals surface area (Å²) in [4.78, 5) is 11.9. The Labute approximate surface area is 133 Å². The van der Waals surface area contributed by atoms with Gasteiger partial charge in [-0.3, -0.25) is 4.79 Å². The number of rotatable bonds is 5. The van der Waals surface area contributed by atoms with Gasteiger partial charge in [-0.1, -0.05) is 18.2 Å². The standard InChI is InChI=1S/C16H20N2OS2/c19-16(9-13-11-20-8-7-17-13)18-6-5-12-10-21-15-4-2-1-3-14(12)15/h1-4,10,13,17H,5-9,11H2,(H,18,19). The van der Waals surface area contributed by atoms with Gasteiger partial charge in [0.05, 0.1) is 0 Å². The summed E-state index contributed by atoms with van der Waals surface area (Å²) in [7, 11) is 0. The quantitative estimate of drug-likeness (QED) is 0.890. The van der Waals surface area contributed by atoms with Gasteiger partial charge in [-0.2, -0.15) is 11.8 Å². The molecule has 0 spiro atoms. The van der Waals surface area contributed by atoms with Crippen LogP contribution in [-0.4, -0.2) is 36.5 Å². The molecule has 2 aromatic rings. The highest BCUT2D eigenvalue weighted by atomic mass is 32.2. The van der Waals surface area contributed by atoms with Crippen molar-refractivity contribution in [1.82, 2.24) is 10.6 Å². The van der Waals surface area contributed by atoms with E-state index >= 15 is 0 Å². The molecule has 1 unspecified atom stereocenters. The van der Waals surface area contributed by atoms with Crippen LogP contribution >= 0.6 is 23.1 Å². The Balaban J connectivity index is 1.46. The summed E-state index contributed by atoms with van der Waals surface area (Å²) in [5.41, 5.74) is 1.34. The zero-order valence-corrected chi connectivity index (χ0v) is 13.6. The largest absolute Gasteiger partial charge is 0.356 e. The fourth-order valence-corrected chi connectivity index (χ4v) is 4.56. The molecule has 1 aromatic carbocycles. The fourth-order valence-electron chi connectivity index (χ4n) is 2.61. The molecule has 112 valence electrons. The third kappa shape index (κ3) is 3.99. The predicted octanol–water partition coefficient (Wildman–Crippen LogP) is 2.66. The van der Waals surface area contributed by atoms with Gasteiger partial charge in [0.2, 0.25) is 5.91 Å². The van der Waals surface area contributed by atoms with E-state index in [2.05, 4.69) is 40.3 Å². The molecule has 3 nitrogen and oxygen atoms in total. The van der Waals surface area contributed by atoms with Crippen LogP contribution in [0.2, 0.25) is 0 Å². The minimum absolute atomic E-state index is 0.162. The van der Waals surface area contributed by atoms with Crippen molar-refractivity contribution >= 4 is 39.1 Å². The summed E-state index contributed by atoms with van der Waals surface area (Å²) >= 11 is 3.70. The van der Waals surface area contributed by atoms with E-state index in [-0.39, 0.29) is 5.91 Å². The normalized spacial score (nSPS) is 18.8. The number of carbonyl (C=O) groups excluding carboxylic acids is 1. The van der Waals surface area contributed by atoms with E-state index in [0.29, 0.717) is 12.5 Å². The van der Waals surface area contributed by atoms with Gasteiger partial charge in [0, 0.05) is 41.8 Å². The van der Waals surface area contributed by atoms with Crippen molar-refractivity contribution in [2.45, 2.75) is 18.9 Å². The molecular formula is C16H20N2OS2. The van der Waals surface area contributed by atoms with E-state index in [1.165, 1.54) is 15.6 Å². The molecule has 2 N–H and O–H groups in total. The second-order valence-electron chi connectivity index (χ2n) is 5.29. The van der Waals surface area contributed by atoms with Gasteiger partial charge in [0.15, 0.2) is 0 Å². The van der Waals surface area contributed by atoms with Crippen LogP contribution in [0.3, 0.4) is 0 Å². The van der Waals surface area contributed by atoms with E-state index in [1.807, 2.05) is 11.8 Å². The SMILES string of the molecule is O=C(CC1CSCCN1)NCCc1csc2ccccc12. The molecule has 1 atom stereocenters. The first-order chi connectivity index (χ1) is 10.3. The van der Waals surface area contributed by atoms with Crippen LogP contribution in [0.5, 0.6) is 0 Å². The van der Waals surface area contributed by atoms with Crippen molar-refractivity contribution < 1.29 is 4.79 Å². The van der Waals surface area contributed by atoms with Gasteiger partial charge >= 0.3 is 0 Å². The lowest BCUT2D eigenvalue weighted by Crippen LogP contribution is -2.41. The Kier molecular flexibility index (Phi) is 5.17. The van der Waals surface area contributed by atoms with Gasteiger partial charge in [-0.15, -0.1) is 11.3 Å². The van der Waals surface area contributed by atoms with E-state index in [9.17, 15) is 4.79 Å². The molecule has 1 fully saturated rings. The van der Waals surface area contributed by atoms with Crippen LogP contribution < -0.4 is 10.6 Å². The maximum Gasteiger partial charge on any atom is 0.221 e. The highest BCUT2D eigenvalue weighted by molar-refractivity contribution is 7.99. The summed E-state index contributed by atoms with van der Waals surface area (Å²) in [6.45, 7) is 1.74. The predicted molar refractivity (Wildman–Crippen MR) is 92.3 cm³/mol. The molecular weight excluding hydrogens is 300 g/mol. The first-order valence-electron chi connectivity index (χ1n) is 7.36. The topological polar surface area (TPSA) is 41.1 Å². The monoisotopic (exact) mass is 320 g/mol. The maximum absolute atomic E-state index is 11.9. The molecule has 1 amide bonds. The molecule has 1 aromatic heterocycles. The number of thiophene rings is 1. The fraction of sp³-hybridized carbons (Fsp3) is 0.438. The number of nitrogens with one attached hydrogen (secondary N) is 2. The molecule has 0 aliphatic carbocycles. The van der Waals surface area contributed by atoms with Gasteiger partial charge in [0.25, 0.3) is 0 Å². The van der Waals surface area contributed by atoms with Gasteiger partial charge in [-0.05, 0) is 28.8 Å². The van der Waals surface area contributed by atoms with Crippen LogP contribution in [0, 0.1) is 0 Å². The minimum atomic E-state index is 0.162. The van der Waals surface area contributed by atoms with Crippen molar-refractivity contribution in [3.8, 4) is 0 Å². The molecule has 0 saturated carbocycles. The highest BCUT2D eigenvalue weighted by Gasteiger charge is 2.16. The lowest BCUT2D eigenvalue weighted by Gasteiger charge is -2.22. The molecule has 2 heterocycles. The zero-order chi connectivity index (χ0) is 14.5. The Morgan fingerprint density at radius 1 is 1.38 bits per heavy atom. The van der Waals surface area contributed by atoms with Crippen LogP contribution in [0.25, 0.3) is 10.1 Å². The second kappa shape index (κ2) is 7.29. The summed E-state index contributed by atoms with van der Waals surface area (Å²) in [6, 6.07) is 8.79. The molecule has 21 heavy (non-hydrogen) atoms. The second-order valence-corrected chi connectivity index (χ2v) is 7.35. The van der Waals surface area contributed by atoms with Crippen molar-refractivity contribution in [2.24, 2.45) is 0 Å². The summed E-state index contributed by atoms with van der Waals surface area (Å²) in [5.74, 6) is 2.36. The molecule has 0 bridgehead atoms. The van der Waals surface area contributed by atoms with Gasteiger partial charge < -0.3 is 10.6 Å². The average Bonchev–Trinajstić information content (AvgIpc) is 2.92. The van der Waals surface area contributed by atoms with Crippen LogP contribution in [0.15, 0.2) is 29.6 Å². The third-order valence-electron chi connectivity index (χ3n) is 3.71. The number of carbonyl (C=O) groups is 1. The maximum atomic E-state index is 11.9. The molecule has 1 aliphatic rings. The molecule has 1 aliphatic heterocycles. The van der Waals surface area contributed by atoms with Gasteiger partial charge in [-0.25, -0.2) is 0 Å². The number of benzene rings is 1. The van der Waals surface area contributed by atoms with E-state index in [1.54, 1.807) is 11.3 Å². The lowest BCUT2D eigenvalue weighted by atomic mass is 10.1. The number of hydrogen-bond donors (Lipinski definition) is 2. The van der Waals surface area contributed by atoms with Crippen LogP contribution in [-0.2, 0) is 11.2 Å². The third-order valence-corrected chi connectivity index (χ3v) is 5.85. The smallest absolute Gasteiger partial charge is 0.221 e. The summed E-state index contributed by atoms with van der Waals surface area (Å²) < 4.78 is 1.32. The zero-order valence-electron chi connectivity index (χ0n) is 11.9. The first-order valence-corrected chi connectivity index (χ1v) is 9.39. The van der Waals surface area contributed by atoms with Gasteiger partial charge in [0.1, 0.15) is 0 Å². The van der Waals surface area contributed by atoms with Crippen LogP contribution in [0.1, 0.15) is 12.0 Å². The Morgan fingerprint density at radius 2 is 2.29 bits per heavy atom. The average molecular weight is 320 g/mol. The van der Waals surface area contributed by atoms with Crippen molar-refractivity contribution in [3.05, 3.63) is 35.2 Å². The number of hydrogen-bond acceptors (Lipinski definition) is 4. The Bertz CT molecular complexity index is 605. The summed E-state index contributed by atoms with van der Waals surface area (Å²) in [6.07, 6.45) is 1.50. The number of thioether (sulfide) groups is 1. The molecule has 5 heteroatoms. The molecule has 1 saturated heterocycles. The van der Waals surface area contributed by atoms with Crippen molar-refractivity contribution in [3.63, 3.8) is 0 Å². The van der Waals surface area contributed by atoms with Crippen LogP contribution in [0.4, 0.5) is 0 Å². The first kappa shape index (κ1) is 14.9. The highest BCUT2D eigenvalue weighted by Crippen LogP contribution is 2.25. The van der Waals surface area contributed by atoms with E-state index in [4.69, 9.17) is 0 Å². The molecule has 3 rings (SSSR count). The lowest BCUT2D eigenvalue weighted by molar-refractivity contribution is -0.121. The van der Waals surface area contributed by atoms with Crippen molar-refractivity contribution in [1.29, 1.82) is 0 Å². The Morgan fingerprint density at radius 3 is 3.14 bits per heavy atom. The van der Waals surface area contributed by atoms with Crippen molar-refractivity contribution in [2.75, 3.05) is 24.6 Å². The Hall–Kier alpha value is -1.04. The number of fused-ring (bicyclic) bond motifs is 1. The summed E-state index contributed by atoms with van der Waals surface area (Å²) in [5, 5.41) is 9.97. The number of amides is 1.